The molecule has 90 valence electrons. The second-order valence-corrected chi connectivity index (χ2v) is 4.40. The second kappa shape index (κ2) is 8.53. The summed E-state index contributed by atoms with van der Waals surface area (Å²) in [5, 5.41) is 2.72. The largest absolute Gasteiger partial charge is 0.449 e. The minimum atomic E-state index is -0.316. The fraction of sp³-hybridized carbons (Fsp3) is 0.909. The predicted molar refractivity (Wildman–Crippen MR) is 61.6 cm³/mol. The minimum Gasteiger partial charge on any atom is -0.449 e. The fourth-order valence-electron chi connectivity index (χ4n) is 1.05. The Kier molecular flexibility index (Phi) is 8.09. The zero-order chi connectivity index (χ0) is 11.7. The van der Waals surface area contributed by atoms with Gasteiger partial charge < -0.3 is 15.8 Å². The summed E-state index contributed by atoms with van der Waals surface area (Å²) < 4.78 is 4.96. The third kappa shape index (κ3) is 9.53. The molecule has 0 bridgehead atoms. The molecule has 3 N–H and O–H groups in total. The number of carbonyl (C=O) groups is 1. The number of hydrogen-bond donors (Lipinski definition) is 2. The first-order chi connectivity index (χ1) is 7.06. The van der Waals surface area contributed by atoms with Gasteiger partial charge in [-0.2, -0.15) is 0 Å². The molecule has 1 amide bonds. The van der Waals surface area contributed by atoms with Crippen LogP contribution in [0.4, 0.5) is 4.79 Å². The Bertz CT molecular complexity index is 172. The molecule has 0 aromatic rings. The Morgan fingerprint density at radius 3 is 2.60 bits per heavy atom. The van der Waals surface area contributed by atoms with Gasteiger partial charge in [-0.25, -0.2) is 4.79 Å². The molecule has 1 atom stereocenters. The molecule has 0 aliphatic heterocycles. The van der Waals surface area contributed by atoms with Crippen molar-refractivity contribution in [1.82, 2.24) is 5.32 Å². The molecule has 0 fully saturated rings. The molecule has 1 unspecified atom stereocenters. The van der Waals surface area contributed by atoms with Gasteiger partial charge in [0.2, 0.25) is 0 Å². The lowest BCUT2D eigenvalue weighted by Gasteiger charge is -2.10. The third-order valence-electron chi connectivity index (χ3n) is 2.09. The number of alkyl carbamates (subject to hydrolysis) is 1. The Morgan fingerprint density at radius 1 is 1.40 bits per heavy atom. The van der Waals surface area contributed by atoms with Crippen LogP contribution in [0.15, 0.2) is 0 Å². The third-order valence-corrected chi connectivity index (χ3v) is 2.09. The molecule has 0 aliphatic carbocycles. The highest BCUT2D eigenvalue weighted by atomic mass is 16.5. The summed E-state index contributed by atoms with van der Waals surface area (Å²) in [6, 6.07) is 0. The number of rotatable bonds is 7. The summed E-state index contributed by atoms with van der Waals surface area (Å²) in [5.74, 6) is 0.909. The van der Waals surface area contributed by atoms with Crippen LogP contribution < -0.4 is 11.1 Å². The zero-order valence-electron chi connectivity index (χ0n) is 10.1. The lowest BCUT2D eigenvalue weighted by Crippen LogP contribution is -2.27. The van der Waals surface area contributed by atoms with Crippen LogP contribution in [0.25, 0.3) is 0 Å². The van der Waals surface area contributed by atoms with Gasteiger partial charge in [0, 0.05) is 6.54 Å². The van der Waals surface area contributed by atoms with Crippen molar-refractivity contribution < 1.29 is 9.53 Å². The van der Waals surface area contributed by atoms with Crippen LogP contribution >= 0.6 is 0 Å². The van der Waals surface area contributed by atoms with Crippen molar-refractivity contribution in [3.63, 3.8) is 0 Å². The van der Waals surface area contributed by atoms with Gasteiger partial charge >= 0.3 is 6.09 Å². The number of amides is 1. The molecular formula is C11H24N2O2. The first-order valence-electron chi connectivity index (χ1n) is 5.67. The lowest BCUT2D eigenvalue weighted by atomic mass is 10.1. The van der Waals surface area contributed by atoms with Crippen LogP contribution in [0.5, 0.6) is 0 Å². The molecule has 0 rings (SSSR count). The highest BCUT2D eigenvalue weighted by Crippen LogP contribution is 2.01. The van der Waals surface area contributed by atoms with E-state index >= 15 is 0 Å². The van der Waals surface area contributed by atoms with Crippen molar-refractivity contribution in [2.75, 3.05) is 19.7 Å². The maximum Gasteiger partial charge on any atom is 0.407 e. The Balaban J connectivity index is 3.31. The van der Waals surface area contributed by atoms with Crippen molar-refractivity contribution in [2.45, 2.75) is 33.6 Å². The van der Waals surface area contributed by atoms with Crippen molar-refractivity contribution in [3.05, 3.63) is 0 Å². The van der Waals surface area contributed by atoms with Crippen molar-refractivity contribution >= 4 is 6.09 Å². The van der Waals surface area contributed by atoms with E-state index in [1.807, 2.05) is 13.8 Å². The number of carbonyl (C=O) groups excluding carboxylic acids is 1. The van der Waals surface area contributed by atoms with Gasteiger partial charge in [0.25, 0.3) is 0 Å². The molecule has 4 heteroatoms. The van der Waals surface area contributed by atoms with Crippen molar-refractivity contribution in [1.29, 1.82) is 0 Å². The van der Waals surface area contributed by atoms with Gasteiger partial charge in [-0.05, 0) is 31.2 Å². The molecular weight excluding hydrogens is 192 g/mol. The zero-order valence-corrected chi connectivity index (χ0v) is 10.1. The summed E-state index contributed by atoms with van der Waals surface area (Å²) in [6.07, 6.45) is 1.68. The lowest BCUT2D eigenvalue weighted by molar-refractivity contribution is 0.133. The van der Waals surface area contributed by atoms with E-state index in [0.29, 0.717) is 31.5 Å². The van der Waals surface area contributed by atoms with E-state index < -0.39 is 0 Å². The minimum absolute atomic E-state index is 0.316. The Labute approximate surface area is 92.6 Å². The number of hydrogen-bond acceptors (Lipinski definition) is 3. The van der Waals surface area contributed by atoms with E-state index in [9.17, 15) is 4.79 Å². The van der Waals surface area contributed by atoms with Crippen LogP contribution in [0.2, 0.25) is 0 Å². The van der Waals surface area contributed by atoms with Crippen LogP contribution in [-0.4, -0.2) is 25.8 Å². The van der Waals surface area contributed by atoms with E-state index in [2.05, 4.69) is 12.2 Å². The van der Waals surface area contributed by atoms with E-state index in [1.54, 1.807) is 0 Å². The average molecular weight is 216 g/mol. The summed E-state index contributed by atoms with van der Waals surface area (Å²) in [5.41, 5.74) is 5.48. The smallest absolute Gasteiger partial charge is 0.407 e. The maximum absolute atomic E-state index is 11.1. The molecule has 0 aromatic heterocycles. The molecule has 0 aromatic carbocycles. The molecule has 0 saturated heterocycles. The maximum atomic E-state index is 11.1. The van der Waals surface area contributed by atoms with Crippen LogP contribution in [0, 0.1) is 11.8 Å². The molecule has 15 heavy (non-hydrogen) atoms. The first kappa shape index (κ1) is 14.2. The second-order valence-electron chi connectivity index (χ2n) is 4.40. The highest BCUT2D eigenvalue weighted by Gasteiger charge is 2.03. The van der Waals surface area contributed by atoms with Gasteiger partial charge in [-0.15, -0.1) is 0 Å². The number of nitrogens with one attached hydrogen (secondary N) is 1. The van der Waals surface area contributed by atoms with Crippen LogP contribution in [0.3, 0.4) is 0 Å². The first-order valence-corrected chi connectivity index (χ1v) is 5.67. The molecule has 0 aliphatic rings. The number of ether oxygens (including phenoxy) is 1. The van der Waals surface area contributed by atoms with Gasteiger partial charge in [-0.3, -0.25) is 0 Å². The molecule has 0 spiro atoms. The number of nitrogens with two attached hydrogens (primary N) is 1. The van der Waals surface area contributed by atoms with E-state index in [-0.39, 0.29) is 6.09 Å². The van der Waals surface area contributed by atoms with Gasteiger partial charge in [0.1, 0.15) is 0 Å². The van der Waals surface area contributed by atoms with Crippen LogP contribution in [-0.2, 0) is 4.74 Å². The average Bonchev–Trinajstić information content (AvgIpc) is 2.21. The topological polar surface area (TPSA) is 64.3 Å². The summed E-state index contributed by atoms with van der Waals surface area (Å²) >= 11 is 0. The van der Waals surface area contributed by atoms with Gasteiger partial charge in [0.15, 0.2) is 0 Å². The Hall–Kier alpha value is -0.770. The summed E-state index contributed by atoms with van der Waals surface area (Å²) in [6.45, 7) is 7.98. The fourth-order valence-corrected chi connectivity index (χ4v) is 1.05. The molecule has 0 saturated carbocycles. The Morgan fingerprint density at radius 2 is 2.07 bits per heavy atom. The highest BCUT2D eigenvalue weighted by molar-refractivity contribution is 5.66. The van der Waals surface area contributed by atoms with Gasteiger partial charge in [0.05, 0.1) is 6.61 Å². The van der Waals surface area contributed by atoms with E-state index in [0.717, 1.165) is 12.8 Å². The standard InChI is InChI=1S/C11H24N2O2/c1-9(2)8-15-11(14)13-6-4-5-10(3)7-12/h9-10H,4-8,12H2,1-3H3,(H,13,14). The van der Waals surface area contributed by atoms with Crippen LogP contribution in [0.1, 0.15) is 33.6 Å². The van der Waals surface area contributed by atoms with Crippen molar-refractivity contribution in [3.8, 4) is 0 Å². The SMILES string of the molecule is CC(C)COC(=O)NCCCC(C)CN. The van der Waals surface area contributed by atoms with Gasteiger partial charge in [-0.1, -0.05) is 20.8 Å². The summed E-state index contributed by atoms with van der Waals surface area (Å²) in [7, 11) is 0. The van der Waals surface area contributed by atoms with E-state index in [1.165, 1.54) is 0 Å². The van der Waals surface area contributed by atoms with E-state index in [4.69, 9.17) is 10.5 Å². The molecule has 0 radical (unpaired) electrons. The normalized spacial score (nSPS) is 12.6. The quantitative estimate of drug-likeness (QED) is 0.637. The summed E-state index contributed by atoms with van der Waals surface area (Å²) in [4.78, 5) is 11.1. The van der Waals surface area contributed by atoms with Crippen molar-refractivity contribution in [2.24, 2.45) is 17.6 Å². The molecule has 4 nitrogen and oxygen atoms in total. The predicted octanol–water partition coefficient (Wildman–Crippen LogP) is 1.74. The molecule has 0 heterocycles. The monoisotopic (exact) mass is 216 g/mol.